The average molecular weight is 1410 g/mol. The zero-order valence-electron chi connectivity index (χ0n) is 58.9. The van der Waals surface area contributed by atoms with Gasteiger partial charge < -0.3 is 33.6 Å². The molecule has 6 aromatic heterocycles. The molecule has 15 rings (SSSR count). The lowest BCUT2D eigenvalue weighted by Crippen LogP contribution is -2.42. The van der Waals surface area contributed by atoms with Gasteiger partial charge in [0.25, 0.3) is 0 Å². The van der Waals surface area contributed by atoms with Crippen LogP contribution in [-0.2, 0) is 20.9 Å². The topological polar surface area (TPSA) is 217 Å². The molecule has 22 nitrogen and oxygen atoms in total. The minimum atomic E-state index is -0.159. The van der Waals surface area contributed by atoms with Gasteiger partial charge in [-0.3, -0.25) is 56.7 Å². The predicted octanol–water partition coefficient (Wildman–Crippen LogP) is 14.2. The van der Waals surface area contributed by atoms with E-state index in [2.05, 4.69) is 34.7 Å². The summed E-state index contributed by atoms with van der Waals surface area (Å²) < 4.78 is 34.1. The van der Waals surface area contributed by atoms with Crippen molar-refractivity contribution in [1.82, 2.24) is 57.1 Å². The number of ether oxygens (including phenoxy) is 4. The molecule has 9 heterocycles. The van der Waals surface area contributed by atoms with Crippen LogP contribution in [0, 0.1) is 12.8 Å². The van der Waals surface area contributed by atoms with E-state index in [9.17, 15) is 28.8 Å². The van der Waals surface area contributed by atoms with Crippen molar-refractivity contribution in [2.45, 2.75) is 84.0 Å². The first kappa shape index (κ1) is 70.8. The van der Waals surface area contributed by atoms with Gasteiger partial charge in [0.05, 0.1) is 86.9 Å². The first-order chi connectivity index (χ1) is 51.1. The fourth-order valence-electron chi connectivity index (χ4n) is 14.0. The Balaban J connectivity index is 0.000000140. The summed E-state index contributed by atoms with van der Waals surface area (Å²) in [5, 5.41) is 0. The number of amides is 3. The molecule has 105 heavy (non-hydrogen) atoms. The van der Waals surface area contributed by atoms with Crippen molar-refractivity contribution in [3.8, 4) is 57.3 Å². The summed E-state index contributed by atoms with van der Waals surface area (Å²) in [6.45, 7) is 21.0. The fourth-order valence-corrected chi connectivity index (χ4v) is 14.0. The normalized spacial score (nSPS) is 15.3. The quantitative estimate of drug-likeness (QED) is 0.0731. The lowest BCUT2D eigenvalue weighted by atomic mass is 9.96. The molecule has 0 N–H and O–H groups in total. The molecule has 0 saturated carbocycles. The number of piperidine rings is 3. The molecule has 0 bridgehead atoms. The van der Waals surface area contributed by atoms with Gasteiger partial charge in [-0.1, -0.05) is 56.1 Å². The molecule has 534 valence electrons. The molecule has 0 spiro atoms. The maximum atomic E-state index is 13.8. The number of hydrogen-bond acceptors (Lipinski definition) is 13. The lowest BCUT2D eigenvalue weighted by Gasteiger charge is -2.32. The molecule has 3 saturated heterocycles. The number of fused-ring (bicyclic) bond motifs is 3. The Bertz CT molecular complexity index is 5320. The molecule has 0 aliphatic carbocycles. The third-order valence-corrected chi connectivity index (χ3v) is 19.0. The highest BCUT2D eigenvalue weighted by Gasteiger charge is 2.31. The summed E-state index contributed by atoms with van der Waals surface area (Å²) in [6.07, 6.45) is 19.3. The van der Waals surface area contributed by atoms with E-state index in [0.29, 0.717) is 85.9 Å². The monoisotopic (exact) mass is 1410 g/mol. The predicted molar refractivity (Wildman–Crippen MR) is 406 cm³/mol. The van der Waals surface area contributed by atoms with Crippen molar-refractivity contribution in [3.63, 3.8) is 0 Å². The number of pyridine rings is 3. The van der Waals surface area contributed by atoms with Gasteiger partial charge in [-0.25, -0.2) is 14.4 Å². The molecular weight excluding hydrogens is 1320 g/mol. The van der Waals surface area contributed by atoms with Gasteiger partial charge in [0.1, 0.15) is 40.2 Å². The third kappa shape index (κ3) is 15.9. The minimum absolute atomic E-state index is 0.0296. The standard InChI is InChI=1S/C29H30N4O4.2C27H26N4O3/c1-4-28(34)31-16-6-7-22(19-31)33-26-14-15-30-18-27(26)32(29(33)35)21-10-12-23(13-11-21)37-25-9-5-8-24(17-25)36-20(2)3;1-3-26(32)29-15-5-7-21(18-29)31-24-13-14-28-17-25(24)30(27(31)33)20-9-11-22(12-10-20)34-23-8-4-6-19(2)16-23;1-2-26(32)29-16-13-20(14-17-29)19-30-24-12-15-28-18-25(24)31(27(30)33)21-8-10-23(11-9-21)34-22-6-4-3-5-7-22/h4-5,8-15,17-18,20,22H,1,6-7,16,19H2,2-3H3;3-4,6,8-14,16-17,21H,1,5,7,15,18H2,2H3;2-12,15,18,20H,1,13-14,16-17,19H2/t22-;21-;/m11./s1. The highest BCUT2D eigenvalue weighted by atomic mass is 16.5. The van der Waals surface area contributed by atoms with Gasteiger partial charge in [0.2, 0.25) is 17.7 Å². The Morgan fingerprint density at radius 1 is 0.438 bits per heavy atom. The van der Waals surface area contributed by atoms with Crippen LogP contribution in [0.4, 0.5) is 0 Å². The molecule has 2 atom stereocenters. The number of aryl methyl sites for hydroxylation is 1. The Labute approximate surface area is 606 Å². The molecule has 3 aliphatic rings. The third-order valence-electron chi connectivity index (χ3n) is 19.0. The van der Waals surface area contributed by atoms with Crippen molar-refractivity contribution >= 4 is 50.8 Å². The summed E-state index contributed by atoms with van der Waals surface area (Å²) >= 11 is 0. The van der Waals surface area contributed by atoms with E-state index < -0.39 is 0 Å². The maximum absolute atomic E-state index is 13.8. The van der Waals surface area contributed by atoms with Crippen molar-refractivity contribution in [1.29, 1.82) is 0 Å². The van der Waals surface area contributed by atoms with Crippen LogP contribution in [0.2, 0.25) is 0 Å². The Kier molecular flexibility index (Phi) is 21.7. The van der Waals surface area contributed by atoms with Crippen LogP contribution in [0.25, 0.3) is 50.2 Å². The van der Waals surface area contributed by atoms with E-state index in [1.807, 2.05) is 200 Å². The Hall–Kier alpha value is -12.6. The number of rotatable bonds is 18. The van der Waals surface area contributed by atoms with E-state index in [1.54, 1.807) is 69.8 Å². The largest absolute Gasteiger partial charge is 0.491 e. The van der Waals surface area contributed by atoms with Crippen LogP contribution in [-0.4, -0.2) is 120 Å². The summed E-state index contributed by atoms with van der Waals surface area (Å²) in [6, 6.07) is 52.6. The summed E-state index contributed by atoms with van der Waals surface area (Å²) in [5.41, 5.74) is 7.58. The lowest BCUT2D eigenvalue weighted by molar-refractivity contribution is -0.128. The van der Waals surface area contributed by atoms with Crippen molar-refractivity contribution < 1.29 is 33.3 Å². The number of benzene rings is 6. The number of para-hydroxylation sites is 1. The fraction of sp³-hybridized carbons (Fsp3) is 0.241. The second-order valence-electron chi connectivity index (χ2n) is 26.4. The summed E-state index contributed by atoms with van der Waals surface area (Å²) in [4.78, 5) is 95.4. The molecule has 3 fully saturated rings. The zero-order chi connectivity index (χ0) is 73.1. The minimum Gasteiger partial charge on any atom is -0.491 e. The first-order valence-corrected chi connectivity index (χ1v) is 35.3. The Morgan fingerprint density at radius 2 is 0.838 bits per heavy atom. The summed E-state index contributed by atoms with van der Waals surface area (Å²) in [7, 11) is 0. The van der Waals surface area contributed by atoms with Crippen LogP contribution in [0.5, 0.6) is 40.2 Å². The van der Waals surface area contributed by atoms with E-state index in [0.717, 1.165) is 100 Å². The van der Waals surface area contributed by atoms with Gasteiger partial charge in [-0.2, -0.15) is 0 Å². The van der Waals surface area contributed by atoms with E-state index in [4.69, 9.17) is 18.9 Å². The molecule has 0 radical (unpaired) electrons. The average Bonchev–Trinajstić information content (AvgIpc) is 1.61. The number of carbonyl (C=O) groups excluding carboxylic acids is 3. The van der Waals surface area contributed by atoms with Crippen LogP contribution < -0.4 is 36.0 Å². The smallest absolute Gasteiger partial charge is 0.334 e. The molecule has 3 aliphatic heterocycles. The van der Waals surface area contributed by atoms with Crippen LogP contribution in [0.3, 0.4) is 0 Å². The second kappa shape index (κ2) is 32.2. The highest BCUT2D eigenvalue weighted by molar-refractivity contribution is 5.88. The van der Waals surface area contributed by atoms with Gasteiger partial charge in [0.15, 0.2) is 0 Å². The molecule has 0 unspecified atom stereocenters. The van der Waals surface area contributed by atoms with E-state index in [-0.39, 0.29) is 53.0 Å². The van der Waals surface area contributed by atoms with Crippen molar-refractivity contribution in [2.24, 2.45) is 5.92 Å². The SMILES string of the molecule is C=CC(=O)N1CCC(Cn2c(=O)n(-c3ccc(Oc4ccccc4)cc3)c3cnccc32)CC1.C=CC(=O)N1CCC[C@@H](n2c(=O)n(-c3ccc(Oc4cccc(C)c4)cc3)c3cnccc32)C1.C=CC(=O)N1CCC[C@@H](n2c(=O)n(-c3ccc(Oc4cccc(OC(C)C)c4)cc3)c3cnccc32)C1. The molecule has 22 heteroatoms. The second-order valence-corrected chi connectivity index (χ2v) is 26.4. The van der Waals surface area contributed by atoms with Crippen LogP contribution in [0.15, 0.2) is 259 Å². The van der Waals surface area contributed by atoms with Crippen molar-refractivity contribution in [2.75, 3.05) is 39.3 Å². The molecule has 12 aromatic rings. The van der Waals surface area contributed by atoms with Gasteiger partial charge in [-0.05, 0) is 216 Å². The maximum Gasteiger partial charge on any atom is 0.334 e. The Morgan fingerprint density at radius 3 is 1.30 bits per heavy atom. The number of carbonyl (C=O) groups is 3. The van der Waals surface area contributed by atoms with E-state index in [1.165, 1.54) is 18.2 Å². The molecule has 3 amide bonds. The van der Waals surface area contributed by atoms with Crippen LogP contribution >= 0.6 is 0 Å². The van der Waals surface area contributed by atoms with E-state index >= 15 is 0 Å². The number of nitrogens with zero attached hydrogens (tertiary/aromatic N) is 12. The van der Waals surface area contributed by atoms with Crippen molar-refractivity contribution in [3.05, 3.63) is 282 Å². The highest BCUT2D eigenvalue weighted by Crippen LogP contribution is 2.33. The zero-order valence-corrected chi connectivity index (χ0v) is 58.9. The van der Waals surface area contributed by atoms with Crippen LogP contribution in [0.1, 0.15) is 70.0 Å². The number of hydrogen-bond donors (Lipinski definition) is 0. The number of likely N-dealkylation sites (tertiary alicyclic amines) is 3. The molecule has 6 aromatic carbocycles. The first-order valence-electron chi connectivity index (χ1n) is 35.3. The molecular formula is C83H82N12O10. The summed E-state index contributed by atoms with van der Waals surface area (Å²) in [5.74, 6) is 5.04. The number of aromatic nitrogens is 9. The van der Waals surface area contributed by atoms with Gasteiger partial charge in [-0.15, -0.1) is 0 Å². The van der Waals surface area contributed by atoms with Gasteiger partial charge in [0, 0.05) is 70.5 Å². The number of imidazole rings is 3. The van der Waals surface area contributed by atoms with Gasteiger partial charge >= 0.3 is 17.1 Å².